The van der Waals surface area contributed by atoms with Gasteiger partial charge in [-0.2, -0.15) is 0 Å². The number of nitrogens with zero attached hydrogens (tertiary/aromatic N) is 1. The van der Waals surface area contributed by atoms with Crippen molar-refractivity contribution < 1.29 is 9.47 Å². The first kappa shape index (κ1) is 8.98. The second-order valence-electron chi connectivity index (χ2n) is 4.19. The van der Waals surface area contributed by atoms with Crippen LogP contribution in [0.1, 0.15) is 20.3 Å². The van der Waals surface area contributed by atoms with Crippen LogP contribution in [0.25, 0.3) is 4.85 Å². The molecule has 0 amide bonds. The molecule has 2 heterocycles. The van der Waals surface area contributed by atoms with E-state index in [4.69, 9.17) is 16.0 Å². The van der Waals surface area contributed by atoms with Gasteiger partial charge in [0.2, 0.25) is 0 Å². The van der Waals surface area contributed by atoms with Crippen LogP contribution in [0.4, 0.5) is 0 Å². The van der Waals surface area contributed by atoms with Crippen LogP contribution in [0.2, 0.25) is 0 Å². The van der Waals surface area contributed by atoms with Gasteiger partial charge in [-0.25, -0.2) is 0 Å². The van der Waals surface area contributed by atoms with Gasteiger partial charge < -0.3 is 9.47 Å². The summed E-state index contributed by atoms with van der Waals surface area (Å²) in [4.78, 5) is 3.94. The molecular weight excluding hydrogens is 166 g/mol. The maximum absolute atomic E-state index is 5.67. The lowest BCUT2D eigenvalue weighted by Gasteiger charge is -2.19. The van der Waals surface area contributed by atoms with Crippen molar-refractivity contribution in [2.75, 3.05) is 13.2 Å². The average molecular weight is 182 g/mol. The highest BCUT2D eigenvalue weighted by atomic mass is 16.6. The second kappa shape index (κ2) is 2.97. The zero-order chi connectivity index (χ0) is 9.47. The normalized spacial score (nSPS) is 43.5. The predicted molar refractivity (Wildman–Crippen MR) is 49.7 cm³/mol. The first-order valence-electron chi connectivity index (χ1n) is 4.88. The van der Waals surface area contributed by atoms with E-state index in [1.54, 1.807) is 0 Å². The molecule has 2 rings (SSSR count). The molecule has 3 nitrogen and oxygen atoms in total. The Morgan fingerprint density at radius 2 is 2.31 bits per heavy atom. The number of rotatable bonds is 1. The van der Waals surface area contributed by atoms with Crippen LogP contribution in [-0.2, 0) is 9.47 Å². The molecule has 0 aliphatic carbocycles. The number of fused-ring (bicyclic) bond motifs is 1. The lowest BCUT2D eigenvalue weighted by molar-refractivity contribution is -0.0145. The van der Waals surface area contributed by atoms with Crippen LogP contribution in [0.3, 0.4) is 0 Å². The van der Waals surface area contributed by atoms with Crippen molar-refractivity contribution in [3.8, 4) is 6.57 Å². The topological polar surface area (TPSA) is 22.8 Å². The van der Waals surface area contributed by atoms with Crippen LogP contribution in [0.5, 0.6) is 0 Å². The summed E-state index contributed by atoms with van der Waals surface area (Å²) in [5.41, 5.74) is -0.534. The number of ether oxygens (including phenoxy) is 2. The highest BCUT2D eigenvalue weighted by Crippen LogP contribution is 2.45. The molecule has 0 aromatic heterocycles. The van der Waals surface area contributed by atoms with Gasteiger partial charge in [-0.1, -0.05) is 13.8 Å². The van der Waals surface area contributed by atoms with Gasteiger partial charge in [0.15, 0.2) is 6.10 Å². The zero-order valence-corrected chi connectivity index (χ0v) is 8.19. The molecule has 72 valence electrons. The molecule has 0 aromatic rings. The summed E-state index contributed by atoms with van der Waals surface area (Å²) in [6.07, 6.45) is 1.01. The molecule has 2 saturated heterocycles. The molecule has 2 aliphatic heterocycles. The SMILES string of the molecule is C#[N+][C@]12OCC[C@H]1OC[C@@H]2C(C)C. The minimum Gasteiger partial charge on any atom is -0.366 e. The number of hydrogen-bond donors (Lipinski definition) is 0. The van der Waals surface area contributed by atoms with E-state index in [0.29, 0.717) is 18.4 Å². The average Bonchev–Trinajstić information content (AvgIpc) is 2.58. The van der Waals surface area contributed by atoms with Crippen LogP contribution in [-0.4, -0.2) is 25.0 Å². The van der Waals surface area contributed by atoms with Crippen LogP contribution >= 0.6 is 0 Å². The van der Waals surface area contributed by atoms with Crippen molar-refractivity contribution in [3.63, 3.8) is 0 Å². The van der Waals surface area contributed by atoms with Crippen molar-refractivity contribution in [1.82, 2.24) is 0 Å². The molecule has 0 N–H and O–H groups in total. The Bertz CT molecular complexity index is 246. The Labute approximate surface area is 78.8 Å². The van der Waals surface area contributed by atoms with Crippen molar-refractivity contribution >= 4 is 0 Å². The van der Waals surface area contributed by atoms with E-state index in [0.717, 1.165) is 13.0 Å². The molecule has 0 bridgehead atoms. The molecule has 0 saturated carbocycles. The monoisotopic (exact) mass is 182 g/mol. The molecule has 0 unspecified atom stereocenters. The van der Waals surface area contributed by atoms with E-state index in [1.807, 2.05) is 0 Å². The van der Waals surface area contributed by atoms with Gasteiger partial charge in [0, 0.05) is 6.42 Å². The fourth-order valence-electron chi connectivity index (χ4n) is 2.40. The first-order valence-corrected chi connectivity index (χ1v) is 4.88. The molecule has 0 spiro atoms. The Hall–Kier alpha value is -0.590. The molecule has 3 heteroatoms. The Balaban J connectivity index is 2.28. The van der Waals surface area contributed by atoms with Crippen molar-refractivity contribution in [3.05, 3.63) is 4.85 Å². The van der Waals surface area contributed by atoms with E-state index >= 15 is 0 Å². The minimum atomic E-state index is -0.534. The van der Waals surface area contributed by atoms with Crippen molar-refractivity contribution in [2.24, 2.45) is 11.8 Å². The third kappa shape index (κ3) is 1.09. The maximum atomic E-state index is 5.67. The standard InChI is InChI=1S/C10H16NO2/c1-7(2)8-6-12-9-4-5-13-10(8,9)11-3/h3,7-9H,4-6H2,1-2H3/q+1/t8-,9-,10-/m1/s1. The quantitative estimate of drug-likeness (QED) is 0.616. The Morgan fingerprint density at radius 3 is 2.92 bits per heavy atom. The summed E-state index contributed by atoms with van der Waals surface area (Å²) >= 11 is 0. The summed E-state index contributed by atoms with van der Waals surface area (Å²) in [6.45, 7) is 11.2. The third-order valence-corrected chi connectivity index (χ3v) is 3.19. The van der Waals surface area contributed by atoms with Gasteiger partial charge in [-0.3, -0.25) is 0 Å². The molecule has 0 radical (unpaired) electrons. The molecule has 3 atom stereocenters. The smallest absolute Gasteiger partial charge is 0.366 e. The Morgan fingerprint density at radius 1 is 1.54 bits per heavy atom. The lowest BCUT2D eigenvalue weighted by atomic mass is 9.86. The Kier molecular flexibility index (Phi) is 2.05. The summed E-state index contributed by atoms with van der Waals surface area (Å²) in [7, 11) is 0. The first-order chi connectivity index (χ1) is 6.20. The summed E-state index contributed by atoms with van der Waals surface area (Å²) < 4.78 is 11.3. The lowest BCUT2D eigenvalue weighted by Crippen LogP contribution is -2.40. The van der Waals surface area contributed by atoms with E-state index in [1.165, 1.54) is 0 Å². The predicted octanol–water partition coefficient (Wildman–Crippen LogP) is 1.74. The van der Waals surface area contributed by atoms with Crippen molar-refractivity contribution in [1.29, 1.82) is 0 Å². The summed E-state index contributed by atoms with van der Waals surface area (Å²) in [5.74, 6) is 0.806. The van der Waals surface area contributed by atoms with E-state index in [9.17, 15) is 0 Å². The van der Waals surface area contributed by atoms with Gasteiger partial charge in [0.25, 0.3) is 6.57 Å². The summed E-state index contributed by atoms with van der Waals surface area (Å²) in [5, 5.41) is 0. The fourth-order valence-corrected chi connectivity index (χ4v) is 2.40. The molecule has 2 fully saturated rings. The van der Waals surface area contributed by atoms with Gasteiger partial charge in [-0.15, -0.1) is 0 Å². The van der Waals surface area contributed by atoms with Crippen molar-refractivity contribution in [2.45, 2.75) is 32.1 Å². The van der Waals surface area contributed by atoms with E-state index in [2.05, 4.69) is 18.7 Å². The minimum absolute atomic E-state index is 0.0879. The summed E-state index contributed by atoms with van der Waals surface area (Å²) in [6, 6.07) is 0. The molecule has 13 heavy (non-hydrogen) atoms. The highest BCUT2D eigenvalue weighted by Gasteiger charge is 2.66. The van der Waals surface area contributed by atoms with Gasteiger partial charge >= 0.3 is 5.72 Å². The van der Waals surface area contributed by atoms with E-state index in [-0.39, 0.29) is 6.10 Å². The highest BCUT2D eigenvalue weighted by molar-refractivity contribution is 5.10. The fraction of sp³-hybridized carbons (Fsp3) is 0.900. The van der Waals surface area contributed by atoms with Crippen LogP contribution in [0.15, 0.2) is 0 Å². The van der Waals surface area contributed by atoms with Gasteiger partial charge in [0.1, 0.15) is 0 Å². The third-order valence-electron chi connectivity index (χ3n) is 3.19. The van der Waals surface area contributed by atoms with Gasteiger partial charge in [-0.05, 0) is 10.8 Å². The molecular formula is C10H16NO2+. The maximum Gasteiger partial charge on any atom is 0.415 e. The molecule has 2 aliphatic rings. The zero-order valence-electron chi connectivity index (χ0n) is 8.19. The van der Waals surface area contributed by atoms with Crippen LogP contribution in [0, 0.1) is 18.4 Å². The van der Waals surface area contributed by atoms with E-state index < -0.39 is 5.72 Å². The number of hydrogen-bond acceptors (Lipinski definition) is 2. The largest absolute Gasteiger partial charge is 0.415 e. The van der Waals surface area contributed by atoms with Gasteiger partial charge in [0.05, 0.1) is 19.1 Å². The second-order valence-corrected chi connectivity index (χ2v) is 4.19. The molecule has 0 aromatic carbocycles. The van der Waals surface area contributed by atoms with Crippen LogP contribution < -0.4 is 0 Å².